The van der Waals surface area contributed by atoms with Gasteiger partial charge < -0.3 is 10.1 Å². The molecule has 106 valence electrons. The fourth-order valence-corrected chi connectivity index (χ4v) is 4.68. The largest absolute Gasteiger partial charge is 0.383 e. The maximum absolute atomic E-state index is 12.2. The van der Waals surface area contributed by atoms with Crippen LogP contribution in [0.3, 0.4) is 0 Å². The van der Waals surface area contributed by atoms with Gasteiger partial charge in [-0.2, -0.15) is 17.4 Å². The molecule has 2 aliphatic heterocycles. The number of fused-ring (bicyclic) bond motifs is 1. The minimum absolute atomic E-state index is 0.130. The highest BCUT2D eigenvalue weighted by molar-refractivity contribution is 7.87. The van der Waals surface area contributed by atoms with Gasteiger partial charge in [0.15, 0.2) is 0 Å². The quantitative estimate of drug-likeness (QED) is 0.636. The summed E-state index contributed by atoms with van der Waals surface area (Å²) in [6, 6.07) is 0.130. The van der Waals surface area contributed by atoms with Crippen molar-refractivity contribution in [1.82, 2.24) is 14.3 Å². The molecule has 2 fully saturated rings. The molecule has 0 aromatic carbocycles. The predicted octanol–water partition coefficient (Wildman–Crippen LogP) is -0.603. The van der Waals surface area contributed by atoms with Crippen LogP contribution < -0.4 is 10.0 Å². The van der Waals surface area contributed by atoms with Crippen LogP contribution in [-0.4, -0.2) is 58.7 Å². The van der Waals surface area contributed by atoms with Crippen molar-refractivity contribution < 1.29 is 13.2 Å². The lowest BCUT2D eigenvalue weighted by atomic mass is 9.93. The Balaban J connectivity index is 2.03. The summed E-state index contributed by atoms with van der Waals surface area (Å²) in [5.41, 5.74) is 0. The molecule has 18 heavy (non-hydrogen) atoms. The zero-order valence-corrected chi connectivity index (χ0v) is 11.9. The Morgan fingerprint density at radius 1 is 1.44 bits per heavy atom. The molecule has 6 nitrogen and oxygen atoms in total. The first-order chi connectivity index (χ1) is 8.60. The first kappa shape index (κ1) is 14.2. The number of hydrogen-bond donors (Lipinski definition) is 2. The minimum Gasteiger partial charge on any atom is -0.383 e. The topological polar surface area (TPSA) is 70.7 Å². The van der Waals surface area contributed by atoms with Gasteiger partial charge in [-0.05, 0) is 31.3 Å². The highest BCUT2D eigenvalue weighted by atomic mass is 32.2. The highest BCUT2D eigenvalue weighted by Crippen LogP contribution is 2.35. The van der Waals surface area contributed by atoms with Crippen molar-refractivity contribution in [1.29, 1.82) is 0 Å². The van der Waals surface area contributed by atoms with E-state index in [9.17, 15) is 8.42 Å². The summed E-state index contributed by atoms with van der Waals surface area (Å²) in [5, 5.41) is 3.35. The summed E-state index contributed by atoms with van der Waals surface area (Å²) >= 11 is 0. The molecule has 3 unspecified atom stereocenters. The van der Waals surface area contributed by atoms with Crippen molar-refractivity contribution in [3.63, 3.8) is 0 Å². The number of methoxy groups -OCH3 is 1. The lowest BCUT2D eigenvalue weighted by Gasteiger charge is -2.26. The van der Waals surface area contributed by atoms with E-state index in [4.69, 9.17) is 4.74 Å². The average Bonchev–Trinajstić information content (AvgIpc) is 2.88. The van der Waals surface area contributed by atoms with E-state index in [1.165, 1.54) is 0 Å². The summed E-state index contributed by atoms with van der Waals surface area (Å²) in [7, 11) is -1.80. The number of hydrogen-bond acceptors (Lipinski definition) is 4. The van der Waals surface area contributed by atoms with Gasteiger partial charge in [-0.15, -0.1) is 0 Å². The molecule has 0 aromatic heterocycles. The fourth-order valence-electron chi connectivity index (χ4n) is 3.12. The van der Waals surface area contributed by atoms with Gasteiger partial charge in [0.2, 0.25) is 0 Å². The van der Waals surface area contributed by atoms with E-state index in [2.05, 4.69) is 17.0 Å². The van der Waals surface area contributed by atoms with E-state index in [1.54, 1.807) is 11.4 Å². The summed E-state index contributed by atoms with van der Waals surface area (Å²) in [4.78, 5) is 0. The molecule has 0 spiro atoms. The summed E-state index contributed by atoms with van der Waals surface area (Å²) in [5.74, 6) is 0.933. The minimum atomic E-state index is -3.36. The van der Waals surface area contributed by atoms with Crippen LogP contribution in [0.4, 0.5) is 0 Å². The molecule has 0 radical (unpaired) electrons. The van der Waals surface area contributed by atoms with Gasteiger partial charge in [0.1, 0.15) is 0 Å². The van der Waals surface area contributed by atoms with Crippen LogP contribution in [-0.2, 0) is 14.9 Å². The lowest BCUT2D eigenvalue weighted by Crippen LogP contribution is -2.46. The van der Waals surface area contributed by atoms with E-state index in [0.29, 0.717) is 31.5 Å². The second-order valence-electron chi connectivity index (χ2n) is 5.02. The second kappa shape index (κ2) is 5.83. The average molecular weight is 277 g/mol. The SMILES string of the molecule is CCC1C2CNCC2CN1S(=O)(=O)NCCOC. The lowest BCUT2D eigenvalue weighted by molar-refractivity contribution is 0.203. The van der Waals surface area contributed by atoms with Crippen LogP contribution >= 0.6 is 0 Å². The molecular weight excluding hydrogens is 254 g/mol. The third-order valence-corrected chi connectivity index (χ3v) is 5.59. The van der Waals surface area contributed by atoms with Crippen LogP contribution in [0.25, 0.3) is 0 Å². The normalized spacial score (nSPS) is 32.9. The van der Waals surface area contributed by atoms with Gasteiger partial charge in [-0.3, -0.25) is 0 Å². The summed E-state index contributed by atoms with van der Waals surface area (Å²) < 4.78 is 33.6. The number of nitrogens with zero attached hydrogens (tertiary/aromatic N) is 1. The molecule has 0 aliphatic carbocycles. The molecule has 0 amide bonds. The molecular formula is C11H23N3O3S. The molecule has 2 aliphatic rings. The molecule has 7 heteroatoms. The van der Waals surface area contributed by atoms with Crippen LogP contribution in [0.1, 0.15) is 13.3 Å². The van der Waals surface area contributed by atoms with Crippen LogP contribution in [0.2, 0.25) is 0 Å². The van der Waals surface area contributed by atoms with Gasteiger partial charge >= 0.3 is 0 Å². The predicted molar refractivity (Wildman–Crippen MR) is 69.4 cm³/mol. The van der Waals surface area contributed by atoms with Crippen molar-refractivity contribution in [3.05, 3.63) is 0 Å². The third kappa shape index (κ3) is 2.70. The van der Waals surface area contributed by atoms with Crippen LogP contribution in [0, 0.1) is 11.8 Å². The standard InChI is InChI=1S/C11H23N3O3S/c1-3-11-10-7-12-6-9(10)8-14(11)18(15,16)13-4-5-17-2/h9-13H,3-8H2,1-2H3. The van der Waals surface area contributed by atoms with E-state index in [0.717, 1.165) is 19.5 Å². The van der Waals surface area contributed by atoms with Crippen LogP contribution in [0.5, 0.6) is 0 Å². The molecule has 2 saturated heterocycles. The molecule has 0 saturated carbocycles. The van der Waals surface area contributed by atoms with Crippen LogP contribution in [0.15, 0.2) is 0 Å². The Morgan fingerprint density at radius 3 is 2.89 bits per heavy atom. The Kier molecular flexibility index (Phi) is 4.60. The van der Waals surface area contributed by atoms with Gasteiger partial charge in [-0.25, -0.2) is 0 Å². The van der Waals surface area contributed by atoms with E-state index in [1.807, 2.05) is 0 Å². The molecule has 3 atom stereocenters. The third-order valence-electron chi connectivity index (χ3n) is 3.99. The van der Waals surface area contributed by atoms with Crippen molar-refractivity contribution in [2.75, 3.05) is 39.9 Å². The first-order valence-corrected chi connectivity index (χ1v) is 8.00. The van der Waals surface area contributed by atoms with E-state index < -0.39 is 10.2 Å². The Bertz CT molecular complexity index is 374. The Morgan fingerprint density at radius 2 is 2.22 bits per heavy atom. The zero-order chi connectivity index (χ0) is 13.2. The molecule has 2 heterocycles. The monoisotopic (exact) mass is 277 g/mol. The zero-order valence-electron chi connectivity index (χ0n) is 11.1. The number of ether oxygens (including phenoxy) is 1. The van der Waals surface area contributed by atoms with Crippen molar-refractivity contribution >= 4 is 10.2 Å². The first-order valence-electron chi connectivity index (χ1n) is 6.56. The summed E-state index contributed by atoms with van der Waals surface area (Å²) in [6.07, 6.45) is 0.869. The Labute approximate surface area is 109 Å². The molecule has 2 rings (SSSR count). The highest BCUT2D eigenvalue weighted by Gasteiger charge is 2.47. The van der Waals surface area contributed by atoms with Gasteiger partial charge in [-0.1, -0.05) is 6.92 Å². The molecule has 0 bridgehead atoms. The fraction of sp³-hybridized carbons (Fsp3) is 1.00. The summed E-state index contributed by atoms with van der Waals surface area (Å²) in [6.45, 7) is 5.30. The molecule has 2 N–H and O–H groups in total. The van der Waals surface area contributed by atoms with Crippen molar-refractivity contribution in [3.8, 4) is 0 Å². The Hall–Kier alpha value is -0.210. The van der Waals surface area contributed by atoms with Crippen molar-refractivity contribution in [2.24, 2.45) is 11.8 Å². The smallest absolute Gasteiger partial charge is 0.279 e. The van der Waals surface area contributed by atoms with Crippen molar-refractivity contribution in [2.45, 2.75) is 19.4 Å². The van der Waals surface area contributed by atoms with Gasteiger partial charge in [0, 0.05) is 26.2 Å². The maximum Gasteiger partial charge on any atom is 0.279 e. The maximum atomic E-state index is 12.2. The number of rotatable bonds is 6. The number of nitrogens with one attached hydrogen (secondary N) is 2. The van der Waals surface area contributed by atoms with Gasteiger partial charge in [0.25, 0.3) is 10.2 Å². The second-order valence-corrected chi connectivity index (χ2v) is 6.73. The molecule has 0 aromatic rings. The van der Waals surface area contributed by atoms with Gasteiger partial charge in [0.05, 0.1) is 6.61 Å². The van der Waals surface area contributed by atoms with E-state index >= 15 is 0 Å². The van der Waals surface area contributed by atoms with E-state index in [-0.39, 0.29) is 6.04 Å².